The minimum absolute atomic E-state index is 0.0716. The number of ether oxygens (including phenoxy) is 2. The molecule has 0 saturated carbocycles. The van der Waals surface area contributed by atoms with Crippen LogP contribution in [0.5, 0.6) is 17.2 Å². The molecule has 4 rings (SSSR count). The zero-order valence-corrected chi connectivity index (χ0v) is 14.8. The highest BCUT2D eigenvalue weighted by atomic mass is 19.1. The highest BCUT2D eigenvalue weighted by Gasteiger charge is 2.29. The third kappa shape index (κ3) is 2.55. The number of aryl methyl sites for hydroxylation is 1. The van der Waals surface area contributed by atoms with Gasteiger partial charge in [0.2, 0.25) is 6.79 Å². The van der Waals surface area contributed by atoms with Crippen LogP contribution < -0.4 is 19.9 Å². The van der Waals surface area contributed by atoms with Gasteiger partial charge in [0.1, 0.15) is 22.9 Å². The van der Waals surface area contributed by atoms with Crippen molar-refractivity contribution in [2.45, 2.75) is 6.92 Å². The predicted molar refractivity (Wildman–Crippen MR) is 96.2 cm³/mol. The van der Waals surface area contributed by atoms with Crippen molar-refractivity contribution < 1.29 is 28.2 Å². The van der Waals surface area contributed by atoms with Crippen LogP contribution in [0, 0.1) is 18.6 Å². The van der Waals surface area contributed by atoms with Crippen LogP contribution in [0.15, 0.2) is 29.1 Å². The van der Waals surface area contributed by atoms with Gasteiger partial charge in [-0.3, -0.25) is 9.59 Å². The topological polar surface area (TPSA) is 91.9 Å². The molecule has 7 nitrogen and oxygen atoms in total. The molecule has 1 aliphatic rings. The molecule has 9 heteroatoms. The number of nitrogens with zero attached hydrogens (tertiary/aromatic N) is 1. The van der Waals surface area contributed by atoms with Gasteiger partial charge in [0.25, 0.3) is 11.5 Å². The van der Waals surface area contributed by atoms with Crippen LogP contribution in [-0.2, 0) is 0 Å². The number of aromatic amines is 1. The van der Waals surface area contributed by atoms with Crippen LogP contribution in [0.25, 0.3) is 10.9 Å². The number of hydrogen-bond donors (Lipinski definition) is 2. The van der Waals surface area contributed by atoms with Gasteiger partial charge < -0.3 is 24.5 Å². The van der Waals surface area contributed by atoms with Gasteiger partial charge in [-0.2, -0.15) is 0 Å². The summed E-state index contributed by atoms with van der Waals surface area (Å²) in [6, 6.07) is 4.24. The van der Waals surface area contributed by atoms with E-state index in [1.165, 1.54) is 7.05 Å². The van der Waals surface area contributed by atoms with Gasteiger partial charge >= 0.3 is 0 Å². The molecule has 28 heavy (non-hydrogen) atoms. The van der Waals surface area contributed by atoms with Crippen LogP contribution in [0.4, 0.5) is 14.5 Å². The predicted octanol–water partition coefficient (Wildman–Crippen LogP) is 2.83. The van der Waals surface area contributed by atoms with Gasteiger partial charge in [-0.05, 0) is 30.7 Å². The third-order valence-corrected chi connectivity index (χ3v) is 4.57. The number of nitrogens with one attached hydrogen (secondary N) is 1. The van der Waals surface area contributed by atoms with Crippen molar-refractivity contribution >= 4 is 22.5 Å². The number of aromatic hydroxyl groups is 1. The maximum atomic E-state index is 14.0. The lowest BCUT2D eigenvalue weighted by molar-refractivity contribution is 0.0988. The molecule has 1 aromatic heterocycles. The maximum Gasteiger partial charge on any atom is 0.267 e. The van der Waals surface area contributed by atoms with Crippen molar-refractivity contribution in [2.24, 2.45) is 0 Å². The number of hydrogen-bond acceptors (Lipinski definition) is 5. The van der Waals surface area contributed by atoms with Crippen molar-refractivity contribution in [3.63, 3.8) is 0 Å². The number of amides is 1. The van der Waals surface area contributed by atoms with Gasteiger partial charge in [0, 0.05) is 13.1 Å². The molecular formula is C19H14F2N2O5. The Hall–Kier alpha value is -3.62. The highest BCUT2D eigenvalue weighted by molar-refractivity contribution is 6.11. The first-order valence-electron chi connectivity index (χ1n) is 8.21. The maximum absolute atomic E-state index is 14.0. The summed E-state index contributed by atoms with van der Waals surface area (Å²) in [6.07, 6.45) is 0. The molecule has 0 bridgehead atoms. The van der Waals surface area contributed by atoms with E-state index in [-0.39, 0.29) is 29.1 Å². The summed E-state index contributed by atoms with van der Waals surface area (Å²) in [6.45, 7) is 1.67. The first kappa shape index (κ1) is 17.8. The van der Waals surface area contributed by atoms with E-state index >= 15 is 0 Å². The molecule has 2 aromatic carbocycles. The molecule has 0 fully saturated rings. The van der Waals surface area contributed by atoms with E-state index < -0.39 is 34.4 Å². The van der Waals surface area contributed by atoms with E-state index in [0.717, 1.165) is 17.0 Å². The van der Waals surface area contributed by atoms with E-state index in [9.17, 15) is 23.5 Å². The van der Waals surface area contributed by atoms with Crippen LogP contribution >= 0.6 is 0 Å². The van der Waals surface area contributed by atoms with Gasteiger partial charge in [-0.1, -0.05) is 0 Å². The number of pyridine rings is 1. The monoisotopic (exact) mass is 388 g/mol. The summed E-state index contributed by atoms with van der Waals surface area (Å²) in [5.41, 5.74) is -0.766. The van der Waals surface area contributed by atoms with Crippen molar-refractivity contribution in [3.8, 4) is 17.2 Å². The minimum atomic E-state index is -0.985. The Balaban J connectivity index is 1.90. The lowest BCUT2D eigenvalue weighted by Gasteiger charge is -2.19. The van der Waals surface area contributed by atoms with Crippen LogP contribution in [0.2, 0.25) is 0 Å². The van der Waals surface area contributed by atoms with E-state index in [1.807, 2.05) is 0 Å². The molecule has 1 amide bonds. The molecule has 2 heterocycles. The molecular weight excluding hydrogens is 374 g/mol. The summed E-state index contributed by atoms with van der Waals surface area (Å²) in [5.74, 6) is -2.78. The zero-order valence-electron chi connectivity index (χ0n) is 14.8. The molecule has 1 aliphatic heterocycles. The van der Waals surface area contributed by atoms with Crippen molar-refractivity contribution in [1.29, 1.82) is 0 Å². The summed E-state index contributed by atoms with van der Waals surface area (Å²) >= 11 is 0. The number of carbonyl (C=O) groups is 1. The quantitative estimate of drug-likeness (QED) is 0.704. The number of H-pyrrole nitrogens is 1. The molecule has 2 N–H and O–H groups in total. The lowest BCUT2D eigenvalue weighted by Crippen LogP contribution is -2.32. The van der Waals surface area contributed by atoms with E-state index in [0.29, 0.717) is 17.4 Å². The van der Waals surface area contributed by atoms with E-state index in [4.69, 9.17) is 9.47 Å². The van der Waals surface area contributed by atoms with Gasteiger partial charge in [-0.25, -0.2) is 8.78 Å². The van der Waals surface area contributed by atoms with Crippen LogP contribution in [0.3, 0.4) is 0 Å². The summed E-state index contributed by atoms with van der Waals surface area (Å²) in [4.78, 5) is 28.7. The summed E-state index contributed by atoms with van der Waals surface area (Å²) < 4.78 is 37.9. The van der Waals surface area contributed by atoms with Crippen molar-refractivity contribution in [1.82, 2.24) is 4.98 Å². The Morgan fingerprint density at radius 2 is 1.93 bits per heavy atom. The average Bonchev–Trinajstić information content (AvgIpc) is 3.11. The molecule has 0 radical (unpaired) electrons. The molecule has 0 atom stereocenters. The second-order valence-electron chi connectivity index (χ2n) is 6.32. The number of carbonyl (C=O) groups excluding carboxylic acids is 1. The smallest absolute Gasteiger partial charge is 0.267 e. The van der Waals surface area contributed by atoms with Crippen molar-refractivity contribution in [3.05, 3.63) is 57.4 Å². The number of fused-ring (bicyclic) bond motifs is 3. The number of aromatic nitrogens is 1. The first-order valence-corrected chi connectivity index (χ1v) is 8.21. The Morgan fingerprint density at radius 3 is 2.64 bits per heavy atom. The molecule has 0 unspecified atom stereocenters. The molecule has 0 aliphatic carbocycles. The Bertz CT molecular complexity index is 1210. The summed E-state index contributed by atoms with van der Waals surface area (Å²) in [7, 11) is 1.21. The number of anilines is 1. The van der Waals surface area contributed by atoms with E-state index in [2.05, 4.69) is 4.98 Å². The number of rotatable bonds is 2. The van der Waals surface area contributed by atoms with Gasteiger partial charge in [-0.15, -0.1) is 0 Å². The standard InChI is InChI=1S/C19H14F2N2O5/c1-8-5-11-13(17-16(8)27-7-28-17)15(24)14(18(25)22-11)19(26)23(2)12-4-3-9(20)6-10(12)21/h3-6H,7H2,1-2H3,(H2,22,24,25). The Morgan fingerprint density at radius 1 is 1.21 bits per heavy atom. The average molecular weight is 388 g/mol. The van der Waals surface area contributed by atoms with E-state index in [1.54, 1.807) is 13.0 Å². The van der Waals surface area contributed by atoms with Crippen LogP contribution in [0.1, 0.15) is 15.9 Å². The molecule has 144 valence electrons. The normalized spacial score (nSPS) is 12.4. The Kier molecular flexibility index (Phi) is 3.95. The largest absolute Gasteiger partial charge is 0.506 e. The fourth-order valence-corrected chi connectivity index (χ4v) is 3.21. The first-order chi connectivity index (χ1) is 13.3. The molecule has 3 aromatic rings. The second-order valence-corrected chi connectivity index (χ2v) is 6.32. The van der Waals surface area contributed by atoms with Crippen LogP contribution in [-0.4, -0.2) is 29.8 Å². The summed E-state index contributed by atoms with van der Waals surface area (Å²) in [5, 5.41) is 10.8. The highest BCUT2D eigenvalue weighted by Crippen LogP contribution is 2.45. The zero-order chi connectivity index (χ0) is 20.2. The fraction of sp³-hybridized carbons (Fsp3) is 0.158. The second kappa shape index (κ2) is 6.22. The lowest BCUT2D eigenvalue weighted by atomic mass is 10.1. The molecule has 0 saturated heterocycles. The number of halogens is 2. The van der Waals surface area contributed by atoms with Gasteiger partial charge in [0.05, 0.1) is 16.6 Å². The fourth-order valence-electron chi connectivity index (χ4n) is 3.21. The number of benzene rings is 2. The minimum Gasteiger partial charge on any atom is -0.506 e. The third-order valence-electron chi connectivity index (χ3n) is 4.57. The SMILES string of the molecule is Cc1cc2[nH]c(=O)c(C(=O)N(C)c3ccc(F)cc3F)c(O)c2c2c1OCO2. The Labute approximate surface area is 156 Å². The van der Waals surface area contributed by atoms with Crippen molar-refractivity contribution in [2.75, 3.05) is 18.7 Å². The molecule has 0 spiro atoms. The van der Waals surface area contributed by atoms with Gasteiger partial charge in [0.15, 0.2) is 11.5 Å².